The lowest BCUT2D eigenvalue weighted by molar-refractivity contribution is 0.00485. The molecule has 1 unspecified atom stereocenters. The quantitative estimate of drug-likeness (QED) is 0.807. The lowest BCUT2D eigenvalue weighted by Crippen LogP contribution is -2.11. The van der Waals surface area contributed by atoms with Gasteiger partial charge in [-0.2, -0.15) is 0 Å². The lowest BCUT2D eigenvalue weighted by Gasteiger charge is -2.14. The van der Waals surface area contributed by atoms with Gasteiger partial charge in [-0.3, -0.25) is 0 Å². The third kappa shape index (κ3) is 4.21. The van der Waals surface area contributed by atoms with Gasteiger partial charge in [0.2, 0.25) is 0 Å². The van der Waals surface area contributed by atoms with Crippen LogP contribution in [0.3, 0.4) is 0 Å². The van der Waals surface area contributed by atoms with Crippen LogP contribution in [-0.2, 0) is 4.74 Å². The Balaban J connectivity index is 2.60. The summed E-state index contributed by atoms with van der Waals surface area (Å²) >= 11 is 0. The predicted molar refractivity (Wildman–Crippen MR) is 63.7 cm³/mol. The fourth-order valence-corrected chi connectivity index (χ4v) is 1.36. The van der Waals surface area contributed by atoms with Gasteiger partial charge in [0.1, 0.15) is 11.9 Å². The Morgan fingerprint density at radius 3 is 2.69 bits per heavy atom. The molecule has 0 aromatic heterocycles. The van der Waals surface area contributed by atoms with Gasteiger partial charge in [-0.1, -0.05) is 12.1 Å². The standard InChI is InChI=1S/C13H20O3/c1-4-15-12-7-5-6-11(8-12)13(14)9-16-10(2)3/h5-8,10,13-14H,4,9H2,1-3H3. The molecule has 16 heavy (non-hydrogen) atoms. The maximum absolute atomic E-state index is 9.88. The first-order valence-electron chi connectivity index (χ1n) is 5.66. The molecule has 90 valence electrons. The minimum Gasteiger partial charge on any atom is -0.494 e. The number of ether oxygens (including phenoxy) is 2. The maximum atomic E-state index is 9.88. The van der Waals surface area contributed by atoms with Crippen molar-refractivity contribution in [3.8, 4) is 5.75 Å². The molecule has 0 aliphatic rings. The normalized spacial score (nSPS) is 12.8. The van der Waals surface area contributed by atoms with Crippen molar-refractivity contribution in [1.29, 1.82) is 0 Å². The molecule has 0 amide bonds. The summed E-state index contributed by atoms with van der Waals surface area (Å²) in [6.07, 6.45) is -0.465. The molecule has 3 nitrogen and oxygen atoms in total. The molecule has 0 saturated heterocycles. The third-order valence-electron chi connectivity index (χ3n) is 2.14. The van der Waals surface area contributed by atoms with Gasteiger partial charge in [-0.05, 0) is 38.5 Å². The number of rotatable bonds is 6. The summed E-state index contributed by atoms with van der Waals surface area (Å²) in [6.45, 7) is 6.77. The average Bonchev–Trinajstić information content (AvgIpc) is 2.26. The van der Waals surface area contributed by atoms with Crippen LogP contribution < -0.4 is 4.74 Å². The molecule has 3 heteroatoms. The second-order valence-corrected chi connectivity index (χ2v) is 3.90. The summed E-state index contributed by atoms with van der Waals surface area (Å²) in [7, 11) is 0. The number of aliphatic hydroxyl groups is 1. The molecule has 0 fully saturated rings. The Hall–Kier alpha value is -1.06. The molecule has 1 N–H and O–H groups in total. The fourth-order valence-electron chi connectivity index (χ4n) is 1.36. The second kappa shape index (κ2) is 6.51. The molecule has 0 aliphatic heterocycles. The van der Waals surface area contributed by atoms with Crippen molar-refractivity contribution in [3.05, 3.63) is 29.8 Å². The molecule has 0 radical (unpaired) electrons. The van der Waals surface area contributed by atoms with Crippen LogP contribution in [0.4, 0.5) is 0 Å². The first-order valence-corrected chi connectivity index (χ1v) is 5.66. The van der Waals surface area contributed by atoms with Gasteiger partial charge < -0.3 is 14.6 Å². The molecular weight excluding hydrogens is 204 g/mol. The Morgan fingerprint density at radius 2 is 2.06 bits per heavy atom. The Morgan fingerprint density at radius 1 is 1.31 bits per heavy atom. The van der Waals surface area contributed by atoms with Crippen LogP contribution in [-0.4, -0.2) is 24.4 Å². The van der Waals surface area contributed by atoms with Gasteiger partial charge >= 0.3 is 0 Å². The van der Waals surface area contributed by atoms with E-state index in [0.29, 0.717) is 13.2 Å². The summed E-state index contributed by atoms with van der Waals surface area (Å²) in [4.78, 5) is 0. The van der Waals surface area contributed by atoms with Gasteiger partial charge in [-0.15, -0.1) is 0 Å². The van der Waals surface area contributed by atoms with Crippen LogP contribution in [0.25, 0.3) is 0 Å². The first kappa shape index (κ1) is 13.0. The molecule has 0 spiro atoms. The van der Waals surface area contributed by atoms with E-state index in [0.717, 1.165) is 11.3 Å². The highest BCUT2D eigenvalue weighted by molar-refractivity contribution is 5.29. The number of hydrogen-bond acceptors (Lipinski definition) is 3. The molecular formula is C13H20O3. The van der Waals surface area contributed by atoms with E-state index in [-0.39, 0.29) is 6.10 Å². The van der Waals surface area contributed by atoms with Crippen LogP contribution in [0, 0.1) is 0 Å². The minimum atomic E-state index is -0.595. The summed E-state index contributed by atoms with van der Waals surface area (Å²) in [5.41, 5.74) is 0.826. The zero-order valence-corrected chi connectivity index (χ0v) is 10.1. The number of benzene rings is 1. The number of hydrogen-bond donors (Lipinski definition) is 1. The Bertz CT molecular complexity index is 310. The third-order valence-corrected chi connectivity index (χ3v) is 2.14. The Kier molecular flexibility index (Phi) is 5.29. The summed E-state index contributed by atoms with van der Waals surface area (Å²) in [5.74, 6) is 0.781. The van der Waals surface area contributed by atoms with Crippen molar-refractivity contribution in [2.75, 3.05) is 13.2 Å². The zero-order valence-electron chi connectivity index (χ0n) is 10.1. The SMILES string of the molecule is CCOc1cccc(C(O)COC(C)C)c1. The van der Waals surface area contributed by atoms with Crippen LogP contribution >= 0.6 is 0 Å². The molecule has 0 saturated carbocycles. The van der Waals surface area contributed by atoms with Crippen LogP contribution in [0.1, 0.15) is 32.4 Å². The highest BCUT2D eigenvalue weighted by Gasteiger charge is 2.09. The van der Waals surface area contributed by atoms with Gasteiger partial charge in [0, 0.05) is 0 Å². The average molecular weight is 224 g/mol. The fraction of sp³-hybridized carbons (Fsp3) is 0.538. The summed E-state index contributed by atoms with van der Waals surface area (Å²) < 4.78 is 10.7. The van der Waals surface area contributed by atoms with Gasteiger partial charge in [0.25, 0.3) is 0 Å². The Labute approximate surface area is 97.0 Å². The lowest BCUT2D eigenvalue weighted by atomic mass is 10.1. The van der Waals surface area contributed by atoms with E-state index in [1.807, 2.05) is 45.0 Å². The van der Waals surface area contributed by atoms with E-state index in [1.54, 1.807) is 0 Å². The van der Waals surface area contributed by atoms with E-state index >= 15 is 0 Å². The van der Waals surface area contributed by atoms with Crippen molar-refractivity contribution in [1.82, 2.24) is 0 Å². The van der Waals surface area contributed by atoms with Crippen molar-refractivity contribution in [2.24, 2.45) is 0 Å². The van der Waals surface area contributed by atoms with Gasteiger partial charge in [0.15, 0.2) is 0 Å². The predicted octanol–water partition coefficient (Wildman–Crippen LogP) is 2.54. The largest absolute Gasteiger partial charge is 0.494 e. The van der Waals surface area contributed by atoms with E-state index in [2.05, 4.69) is 0 Å². The zero-order chi connectivity index (χ0) is 12.0. The molecule has 0 aliphatic carbocycles. The van der Waals surface area contributed by atoms with Crippen molar-refractivity contribution in [2.45, 2.75) is 33.0 Å². The highest BCUT2D eigenvalue weighted by atomic mass is 16.5. The molecule has 1 atom stereocenters. The second-order valence-electron chi connectivity index (χ2n) is 3.90. The molecule has 1 rings (SSSR count). The van der Waals surface area contributed by atoms with Crippen molar-refractivity contribution in [3.63, 3.8) is 0 Å². The van der Waals surface area contributed by atoms with Crippen molar-refractivity contribution >= 4 is 0 Å². The molecule has 0 bridgehead atoms. The van der Waals surface area contributed by atoms with Crippen LogP contribution in [0.2, 0.25) is 0 Å². The highest BCUT2D eigenvalue weighted by Crippen LogP contribution is 2.19. The number of aliphatic hydroxyl groups excluding tert-OH is 1. The first-order chi connectivity index (χ1) is 7.63. The van der Waals surface area contributed by atoms with Crippen molar-refractivity contribution < 1.29 is 14.6 Å². The minimum absolute atomic E-state index is 0.129. The van der Waals surface area contributed by atoms with E-state index in [4.69, 9.17) is 9.47 Å². The summed E-state index contributed by atoms with van der Waals surface area (Å²) in [6, 6.07) is 7.47. The van der Waals surface area contributed by atoms with E-state index in [9.17, 15) is 5.11 Å². The molecule has 1 aromatic rings. The van der Waals surface area contributed by atoms with Crippen LogP contribution in [0.15, 0.2) is 24.3 Å². The maximum Gasteiger partial charge on any atom is 0.119 e. The molecule has 0 heterocycles. The molecule has 1 aromatic carbocycles. The van der Waals surface area contributed by atoms with Gasteiger partial charge in [-0.25, -0.2) is 0 Å². The van der Waals surface area contributed by atoms with Crippen LogP contribution in [0.5, 0.6) is 5.75 Å². The van der Waals surface area contributed by atoms with E-state index < -0.39 is 6.10 Å². The summed E-state index contributed by atoms with van der Waals surface area (Å²) in [5, 5.41) is 9.88. The van der Waals surface area contributed by atoms with Gasteiger partial charge in [0.05, 0.1) is 19.3 Å². The smallest absolute Gasteiger partial charge is 0.119 e. The topological polar surface area (TPSA) is 38.7 Å². The monoisotopic (exact) mass is 224 g/mol. The van der Waals surface area contributed by atoms with E-state index in [1.165, 1.54) is 0 Å².